The molecule has 4 nitrogen and oxygen atoms in total. The first-order chi connectivity index (χ1) is 6.33. The normalized spacial score (nSPS) is 22.7. The van der Waals surface area contributed by atoms with Crippen molar-refractivity contribution in [1.82, 2.24) is 10.6 Å². The molecule has 0 aromatic rings. The van der Waals surface area contributed by atoms with Crippen LogP contribution in [0.5, 0.6) is 0 Å². The molecule has 1 fully saturated rings. The molecule has 0 bridgehead atoms. The van der Waals surface area contributed by atoms with Crippen molar-refractivity contribution in [1.29, 1.82) is 0 Å². The Bertz CT molecular complexity index is 160. The Morgan fingerprint density at radius 1 is 1.77 bits per heavy atom. The summed E-state index contributed by atoms with van der Waals surface area (Å²) in [6.07, 6.45) is 0.583. The van der Waals surface area contributed by atoms with Gasteiger partial charge in [-0.05, 0) is 0 Å². The fraction of sp³-hybridized carbons (Fsp3) is 0.875. The van der Waals surface area contributed by atoms with E-state index in [1.54, 1.807) is 18.8 Å². The molecule has 0 aromatic carbocycles. The molecule has 1 heterocycles. The van der Waals surface area contributed by atoms with Crippen molar-refractivity contribution in [3.63, 3.8) is 0 Å². The average Bonchev–Trinajstić information content (AvgIpc) is 2.19. The van der Waals surface area contributed by atoms with Gasteiger partial charge in [-0.3, -0.25) is 4.79 Å². The number of nitrogens with one attached hydrogen (secondary N) is 2. The molecule has 13 heavy (non-hydrogen) atoms. The van der Waals surface area contributed by atoms with Gasteiger partial charge in [0.15, 0.2) is 0 Å². The van der Waals surface area contributed by atoms with Crippen LogP contribution in [-0.2, 0) is 9.53 Å². The SMILES string of the molecule is CNC(=O)CCSC1COCCN1. The second-order valence-corrected chi connectivity index (χ2v) is 4.12. The number of amides is 1. The highest BCUT2D eigenvalue weighted by Crippen LogP contribution is 2.11. The van der Waals surface area contributed by atoms with Crippen LogP contribution in [0.4, 0.5) is 0 Å². The summed E-state index contributed by atoms with van der Waals surface area (Å²) in [6.45, 7) is 2.46. The van der Waals surface area contributed by atoms with Gasteiger partial charge in [0.05, 0.1) is 18.6 Å². The number of morpholine rings is 1. The topological polar surface area (TPSA) is 50.4 Å². The van der Waals surface area contributed by atoms with Gasteiger partial charge in [-0.25, -0.2) is 0 Å². The second-order valence-electron chi connectivity index (χ2n) is 2.81. The van der Waals surface area contributed by atoms with Gasteiger partial charge in [0.2, 0.25) is 5.91 Å². The van der Waals surface area contributed by atoms with Gasteiger partial charge < -0.3 is 15.4 Å². The van der Waals surface area contributed by atoms with E-state index in [1.807, 2.05) is 0 Å². The molecule has 0 aromatic heterocycles. The summed E-state index contributed by atoms with van der Waals surface area (Å²) in [5.41, 5.74) is 0. The number of rotatable bonds is 4. The highest BCUT2D eigenvalue weighted by molar-refractivity contribution is 7.99. The molecule has 76 valence electrons. The summed E-state index contributed by atoms with van der Waals surface area (Å²) in [4.78, 5) is 10.9. The van der Waals surface area contributed by atoms with Crippen LogP contribution in [0.3, 0.4) is 0 Å². The molecule has 1 unspecified atom stereocenters. The minimum atomic E-state index is 0.101. The van der Waals surface area contributed by atoms with Crippen LogP contribution >= 0.6 is 11.8 Å². The Morgan fingerprint density at radius 3 is 3.23 bits per heavy atom. The fourth-order valence-corrected chi connectivity index (χ4v) is 2.08. The quantitative estimate of drug-likeness (QED) is 0.666. The minimum Gasteiger partial charge on any atom is -0.378 e. The summed E-state index contributed by atoms with van der Waals surface area (Å²) in [6, 6.07) is 0. The van der Waals surface area contributed by atoms with E-state index >= 15 is 0 Å². The fourth-order valence-electron chi connectivity index (χ4n) is 1.07. The molecule has 2 N–H and O–H groups in total. The number of carbonyl (C=O) groups excluding carboxylic acids is 1. The van der Waals surface area contributed by atoms with Gasteiger partial charge in [-0.1, -0.05) is 0 Å². The summed E-state index contributed by atoms with van der Waals surface area (Å²) in [5.74, 6) is 0.949. The standard InChI is InChI=1S/C8H16N2O2S/c1-9-7(11)2-5-13-8-6-12-4-3-10-8/h8,10H,2-6H2,1H3,(H,9,11). The number of hydrogen-bond acceptors (Lipinski definition) is 4. The number of thioether (sulfide) groups is 1. The molecule has 1 rings (SSSR count). The molecule has 1 aliphatic heterocycles. The van der Waals surface area contributed by atoms with Gasteiger partial charge in [0.1, 0.15) is 0 Å². The number of hydrogen-bond donors (Lipinski definition) is 2. The van der Waals surface area contributed by atoms with Crippen molar-refractivity contribution >= 4 is 17.7 Å². The average molecular weight is 204 g/mol. The van der Waals surface area contributed by atoms with Gasteiger partial charge in [0.25, 0.3) is 0 Å². The zero-order valence-corrected chi connectivity index (χ0v) is 8.65. The van der Waals surface area contributed by atoms with Crippen molar-refractivity contribution in [2.75, 3.05) is 32.6 Å². The van der Waals surface area contributed by atoms with E-state index in [0.29, 0.717) is 11.8 Å². The molecule has 0 saturated carbocycles. The maximum atomic E-state index is 10.9. The van der Waals surface area contributed by atoms with E-state index in [0.717, 1.165) is 25.5 Å². The zero-order chi connectivity index (χ0) is 9.52. The van der Waals surface area contributed by atoms with Crippen molar-refractivity contribution < 1.29 is 9.53 Å². The van der Waals surface area contributed by atoms with Gasteiger partial charge >= 0.3 is 0 Å². The Kier molecular flexibility index (Phi) is 5.19. The third kappa shape index (κ3) is 4.50. The lowest BCUT2D eigenvalue weighted by molar-refractivity contribution is -0.120. The van der Waals surface area contributed by atoms with Crippen LogP contribution in [0.15, 0.2) is 0 Å². The summed E-state index contributed by atoms with van der Waals surface area (Å²) in [5, 5.41) is 6.28. The molecule has 1 saturated heterocycles. The van der Waals surface area contributed by atoms with Gasteiger partial charge in [-0.15, -0.1) is 11.8 Å². The smallest absolute Gasteiger partial charge is 0.220 e. The predicted molar refractivity (Wildman–Crippen MR) is 53.8 cm³/mol. The Balaban J connectivity index is 2.01. The van der Waals surface area contributed by atoms with Crippen LogP contribution in [0.2, 0.25) is 0 Å². The molecular weight excluding hydrogens is 188 g/mol. The van der Waals surface area contributed by atoms with E-state index in [9.17, 15) is 4.79 Å². The first-order valence-corrected chi connectivity index (χ1v) is 5.51. The van der Waals surface area contributed by atoms with Crippen LogP contribution in [0.1, 0.15) is 6.42 Å². The lowest BCUT2D eigenvalue weighted by atomic mass is 10.5. The molecule has 1 aliphatic rings. The minimum absolute atomic E-state index is 0.101. The van der Waals surface area contributed by atoms with Crippen LogP contribution in [0.25, 0.3) is 0 Å². The van der Waals surface area contributed by atoms with Gasteiger partial charge in [-0.2, -0.15) is 0 Å². The largest absolute Gasteiger partial charge is 0.378 e. The summed E-state index contributed by atoms with van der Waals surface area (Å²) < 4.78 is 5.28. The lowest BCUT2D eigenvalue weighted by Crippen LogP contribution is -2.39. The zero-order valence-electron chi connectivity index (χ0n) is 7.84. The summed E-state index contributed by atoms with van der Waals surface area (Å²) >= 11 is 1.74. The number of carbonyl (C=O) groups is 1. The Hall–Kier alpha value is -0.260. The maximum Gasteiger partial charge on any atom is 0.220 e. The first-order valence-electron chi connectivity index (χ1n) is 4.46. The van der Waals surface area contributed by atoms with E-state index < -0.39 is 0 Å². The van der Waals surface area contributed by atoms with Crippen LogP contribution in [0, 0.1) is 0 Å². The third-order valence-corrected chi connectivity index (χ3v) is 2.96. The predicted octanol–water partition coefficient (Wildman–Crippen LogP) is -0.198. The molecule has 0 radical (unpaired) electrons. The molecule has 1 amide bonds. The van der Waals surface area contributed by atoms with Crippen molar-refractivity contribution in [3.8, 4) is 0 Å². The molecule has 0 spiro atoms. The lowest BCUT2D eigenvalue weighted by Gasteiger charge is -2.22. The summed E-state index contributed by atoms with van der Waals surface area (Å²) in [7, 11) is 1.66. The second kappa shape index (κ2) is 6.23. The van der Waals surface area contributed by atoms with Crippen molar-refractivity contribution in [2.24, 2.45) is 0 Å². The van der Waals surface area contributed by atoms with E-state index in [-0.39, 0.29) is 5.91 Å². The first kappa shape index (κ1) is 10.8. The van der Waals surface area contributed by atoms with E-state index in [2.05, 4.69) is 10.6 Å². The molecule has 5 heteroatoms. The Morgan fingerprint density at radius 2 is 2.62 bits per heavy atom. The monoisotopic (exact) mass is 204 g/mol. The highest BCUT2D eigenvalue weighted by atomic mass is 32.2. The molecule has 0 aliphatic carbocycles. The van der Waals surface area contributed by atoms with Crippen LogP contribution < -0.4 is 10.6 Å². The van der Waals surface area contributed by atoms with E-state index in [1.165, 1.54) is 0 Å². The Labute approximate surface area is 82.8 Å². The van der Waals surface area contributed by atoms with Crippen molar-refractivity contribution in [3.05, 3.63) is 0 Å². The highest BCUT2D eigenvalue weighted by Gasteiger charge is 2.12. The van der Waals surface area contributed by atoms with Crippen molar-refractivity contribution in [2.45, 2.75) is 11.8 Å². The van der Waals surface area contributed by atoms with Gasteiger partial charge in [0, 0.05) is 25.8 Å². The van der Waals surface area contributed by atoms with E-state index in [4.69, 9.17) is 4.74 Å². The van der Waals surface area contributed by atoms with Crippen LogP contribution in [-0.4, -0.2) is 43.8 Å². The number of ether oxygens (including phenoxy) is 1. The third-order valence-electron chi connectivity index (χ3n) is 1.81. The maximum absolute atomic E-state index is 10.9. The molecule has 1 atom stereocenters. The molecular formula is C8H16N2O2S.